The summed E-state index contributed by atoms with van der Waals surface area (Å²) in [6.45, 7) is 1.63. The maximum absolute atomic E-state index is 13.6. The van der Waals surface area contributed by atoms with Crippen LogP contribution in [0.25, 0.3) is 0 Å². The molecule has 0 spiro atoms. The second-order valence-corrected chi connectivity index (χ2v) is 10.9. The molecule has 0 saturated carbocycles. The largest absolute Gasteiger partial charge is 0.396 e. The fraction of sp³-hybridized carbons (Fsp3) is 0.458. The molecule has 0 fully saturated rings. The van der Waals surface area contributed by atoms with Crippen LogP contribution < -0.4 is 10.6 Å². The molecule has 2 aromatic rings. The van der Waals surface area contributed by atoms with Crippen molar-refractivity contribution in [2.75, 3.05) is 18.9 Å². The van der Waals surface area contributed by atoms with Gasteiger partial charge in [0.05, 0.1) is 36.3 Å². The zero-order valence-electron chi connectivity index (χ0n) is 19.0. The Balaban J connectivity index is 1.76. The first-order chi connectivity index (χ1) is 16.1. The monoisotopic (exact) mass is 498 g/mol. The van der Waals surface area contributed by atoms with Gasteiger partial charge in [-0.05, 0) is 47.2 Å². The van der Waals surface area contributed by atoms with Crippen molar-refractivity contribution in [2.24, 2.45) is 0 Å². The van der Waals surface area contributed by atoms with Gasteiger partial charge in [-0.15, -0.1) is 0 Å². The zero-order chi connectivity index (χ0) is 24.9. The van der Waals surface area contributed by atoms with Crippen molar-refractivity contribution < 1.29 is 32.9 Å². The Morgan fingerprint density at radius 2 is 1.85 bits per heavy atom. The standard InChI is InChI=1S/C24H32F2N2O5S/c1-2-15-3-4-17-13-34(32,33)14-22(20(17)9-15)27-12-23(30)21(28-24(31)5-6-29)10-16-7-18(25)11-19(26)8-16/h3-4,7-9,11,21-23,27,29-30,32-33H,2,5-6,10,12-14H2,1H3,(H,28,31)/t21-,22-,23-/m0/s1. The number of rotatable bonds is 10. The number of carbonyl (C=O) groups excluding carboxylic acids is 1. The van der Waals surface area contributed by atoms with Crippen LogP contribution in [-0.2, 0) is 23.4 Å². The van der Waals surface area contributed by atoms with E-state index in [1.54, 1.807) is 0 Å². The summed E-state index contributed by atoms with van der Waals surface area (Å²) in [6.07, 6.45) is -0.548. The fourth-order valence-electron chi connectivity index (χ4n) is 4.21. The summed E-state index contributed by atoms with van der Waals surface area (Å²) in [6, 6.07) is 7.56. The number of hydrogen-bond donors (Lipinski definition) is 6. The highest BCUT2D eigenvalue weighted by molar-refractivity contribution is 8.23. The van der Waals surface area contributed by atoms with Crippen molar-refractivity contribution in [3.8, 4) is 0 Å². The van der Waals surface area contributed by atoms with Crippen LogP contribution in [0.5, 0.6) is 0 Å². The Morgan fingerprint density at radius 3 is 2.50 bits per heavy atom. The molecule has 1 amide bonds. The predicted octanol–water partition coefficient (Wildman–Crippen LogP) is 2.89. The van der Waals surface area contributed by atoms with Gasteiger partial charge in [0.1, 0.15) is 11.6 Å². The molecule has 1 heterocycles. The molecule has 7 nitrogen and oxygen atoms in total. The lowest BCUT2D eigenvalue weighted by molar-refractivity contribution is -0.123. The van der Waals surface area contributed by atoms with Crippen molar-refractivity contribution in [3.05, 3.63) is 70.3 Å². The number of hydrogen-bond acceptors (Lipinski definition) is 6. The highest BCUT2D eigenvalue weighted by Crippen LogP contribution is 2.50. The van der Waals surface area contributed by atoms with E-state index in [4.69, 9.17) is 5.11 Å². The Hall–Kier alpha value is -2.08. The molecular weight excluding hydrogens is 466 g/mol. The molecule has 0 unspecified atom stereocenters. The van der Waals surface area contributed by atoms with Crippen LogP contribution in [0.3, 0.4) is 0 Å². The molecule has 2 aromatic carbocycles. The Labute approximate surface area is 199 Å². The molecule has 0 saturated heterocycles. The smallest absolute Gasteiger partial charge is 0.222 e. The summed E-state index contributed by atoms with van der Waals surface area (Å²) in [5.41, 5.74) is 3.13. The number of fused-ring (bicyclic) bond motifs is 1. The minimum Gasteiger partial charge on any atom is -0.396 e. The van der Waals surface area contributed by atoms with E-state index in [2.05, 4.69) is 10.6 Å². The van der Waals surface area contributed by atoms with E-state index in [0.29, 0.717) is 0 Å². The molecule has 34 heavy (non-hydrogen) atoms. The van der Waals surface area contributed by atoms with Crippen molar-refractivity contribution >= 4 is 16.5 Å². The lowest BCUT2D eigenvalue weighted by atomic mass is 9.97. The Morgan fingerprint density at radius 1 is 1.15 bits per heavy atom. The van der Waals surface area contributed by atoms with Gasteiger partial charge in [0.2, 0.25) is 5.91 Å². The van der Waals surface area contributed by atoms with E-state index in [-0.39, 0.29) is 43.1 Å². The van der Waals surface area contributed by atoms with Crippen LogP contribution in [-0.4, -0.2) is 56.3 Å². The van der Waals surface area contributed by atoms with Gasteiger partial charge in [0, 0.05) is 19.0 Å². The molecule has 188 valence electrons. The molecule has 0 aromatic heterocycles. The van der Waals surface area contributed by atoms with Crippen LogP contribution in [0.4, 0.5) is 8.78 Å². The number of amides is 1. The third kappa shape index (κ3) is 7.21. The highest BCUT2D eigenvalue weighted by Gasteiger charge is 2.31. The first-order valence-corrected chi connectivity index (χ1v) is 13.1. The van der Waals surface area contributed by atoms with Crippen molar-refractivity contribution in [3.63, 3.8) is 0 Å². The summed E-state index contributed by atoms with van der Waals surface area (Å²) in [5.74, 6) is -1.76. The summed E-state index contributed by atoms with van der Waals surface area (Å²) in [4.78, 5) is 12.1. The molecule has 3 rings (SSSR count). The molecule has 0 radical (unpaired) electrons. The van der Waals surface area contributed by atoms with Gasteiger partial charge < -0.3 is 20.8 Å². The normalized spacial score (nSPS) is 19.7. The lowest BCUT2D eigenvalue weighted by Crippen LogP contribution is -2.49. The van der Waals surface area contributed by atoms with Gasteiger partial charge in [-0.3, -0.25) is 13.9 Å². The molecule has 3 atom stereocenters. The quantitative estimate of drug-likeness (QED) is 0.300. The van der Waals surface area contributed by atoms with E-state index >= 15 is 0 Å². The molecule has 1 aliphatic heterocycles. The summed E-state index contributed by atoms with van der Waals surface area (Å²) in [5, 5.41) is 25.7. The van der Waals surface area contributed by atoms with Crippen molar-refractivity contribution in [1.29, 1.82) is 0 Å². The summed E-state index contributed by atoms with van der Waals surface area (Å²) < 4.78 is 48.1. The Bertz CT molecular complexity index is 987. The van der Waals surface area contributed by atoms with Gasteiger partial charge in [-0.1, -0.05) is 25.1 Å². The first-order valence-electron chi connectivity index (χ1n) is 11.2. The van der Waals surface area contributed by atoms with Gasteiger partial charge in [-0.25, -0.2) is 8.78 Å². The minimum atomic E-state index is -2.84. The summed E-state index contributed by atoms with van der Waals surface area (Å²) in [7, 11) is -2.84. The Kier molecular flexibility index (Phi) is 9.02. The first kappa shape index (κ1) is 26.5. The number of aryl methyl sites for hydroxylation is 1. The number of aliphatic hydroxyl groups is 2. The number of benzene rings is 2. The van der Waals surface area contributed by atoms with E-state index in [9.17, 15) is 27.8 Å². The molecule has 10 heteroatoms. The predicted molar refractivity (Wildman–Crippen MR) is 128 cm³/mol. The maximum Gasteiger partial charge on any atom is 0.222 e. The number of nitrogens with one attached hydrogen (secondary N) is 2. The number of halogens is 2. The summed E-state index contributed by atoms with van der Waals surface area (Å²) >= 11 is 0. The van der Waals surface area contributed by atoms with E-state index < -0.39 is 46.3 Å². The number of carbonyl (C=O) groups is 1. The van der Waals surface area contributed by atoms with Gasteiger partial charge in [0.15, 0.2) is 0 Å². The van der Waals surface area contributed by atoms with Gasteiger partial charge in [-0.2, -0.15) is 10.6 Å². The number of aliphatic hydroxyl groups excluding tert-OH is 2. The van der Waals surface area contributed by atoms with Crippen LogP contribution in [0, 0.1) is 11.6 Å². The fourth-order valence-corrected chi connectivity index (χ4v) is 5.92. The maximum atomic E-state index is 13.6. The topological polar surface area (TPSA) is 122 Å². The van der Waals surface area contributed by atoms with Crippen LogP contribution in [0.2, 0.25) is 0 Å². The zero-order valence-corrected chi connectivity index (χ0v) is 19.8. The highest BCUT2D eigenvalue weighted by atomic mass is 32.3. The third-order valence-electron chi connectivity index (χ3n) is 5.92. The second kappa shape index (κ2) is 11.6. The average molecular weight is 499 g/mol. The van der Waals surface area contributed by atoms with E-state index in [1.807, 2.05) is 25.1 Å². The second-order valence-electron chi connectivity index (χ2n) is 8.66. The van der Waals surface area contributed by atoms with E-state index in [1.165, 1.54) is 0 Å². The third-order valence-corrected chi connectivity index (χ3v) is 7.56. The van der Waals surface area contributed by atoms with Crippen LogP contribution in [0.15, 0.2) is 36.4 Å². The minimum absolute atomic E-state index is 0.0160. The average Bonchev–Trinajstić information content (AvgIpc) is 2.75. The molecule has 0 aliphatic carbocycles. The molecule has 6 N–H and O–H groups in total. The van der Waals surface area contributed by atoms with Gasteiger partial charge >= 0.3 is 0 Å². The van der Waals surface area contributed by atoms with Crippen LogP contribution >= 0.6 is 10.6 Å². The molecule has 1 aliphatic rings. The van der Waals surface area contributed by atoms with E-state index in [0.717, 1.165) is 41.3 Å². The van der Waals surface area contributed by atoms with Crippen molar-refractivity contribution in [1.82, 2.24) is 10.6 Å². The van der Waals surface area contributed by atoms with Crippen molar-refractivity contribution in [2.45, 2.75) is 50.1 Å². The lowest BCUT2D eigenvalue weighted by Gasteiger charge is -2.42. The van der Waals surface area contributed by atoms with Gasteiger partial charge in [0.25, 0.3) is 0 Å². The molecular formula is C24H32F2N2O5S. The molecule has 0 bridgehead atoms. The SMILES string of the molecule is CCc1ccc2c(c1)[C@@H](NC[C@H](O)[C@H](Cc1cc(F)cc(F)c1)NC(=O)CCO)CS(O)(O)C2. The van der Waals surface area contributed by atoms with Crippen LogP contribution in [0.1, 0.15) is 41.6 Å².